The second-order valence-corrected chi connectivity index (χ2v) is 14.1. The van der Waals surface area contributed by atoms with Crippen LogP contribution in [0.1, 0.15) is 55.9 Å². The van der Waals surface area contributed by atoms with Crippen LogP contribution in [-0.2, 0) is 15.9 Å². The zero-order valence-corrected chi connectivity index (χ0v) is 29.7. The van der Waals surface area contributed by atoms with E-state index in [9.17, 15) is 70.9 Å². The molecule has 17 nitrogen and oxygen atoms in total. The fourth-order valence-electron chi connectivity index (χ4n) is 7.56. The quantitative estimate of drug-likeness (QED) is 0.102. The monoisotopic (exact) mass is 770 g/mol. The summed E-state index contributed by atoms with van der Waals surface area (Å²) < 4.78 is 17.4. The molecule has 1 aromatic heterocycles. The van der Waals surface area contributed by atoms with Gasteiger partial charge in [0.1, 0.15) is 95.4 Å². The van der Waals surface area contributed by atoms with E-state index in [0.717, 1.165) is 12.1 Å². The molecule has 0 spiro atoms. The SMILES string of the molecule is Cc1cc(O)c(-c2cc(=O)c3c(C)cc(O)c([C@@H]4O[C@H](CO)[C@H](O)[C@H](O)[C@H]4O)c3o2)c(CC(=O)c2c(C)cc(O)c([C@@H]3O[C@H](CO)[C@@H](O)[C@H](O)[C@H]3O)c2O)c1. The Hall–Kier alpha value is -4.66. The van der Waals surface area contributed by atoms with Gasteiger partial charge in [-0.25, -0.2) is 0 Å². The molecule has 3 aromatic carbocycles. The zero-order chi connectivity index (χ0) is 40.4. The number of fused-ring (bicyclic) bond motifs is 1. The summed E-state index contributed by atoms with van der Waals surface area (Å²) in [5.41, 5.74) is -1.54. The minimum absolute atomic E-state index is 0.0672. The highest BCUT2D eigenvalue weighted by Gasteiger charge is 2.47. The van der Waals surface area contributed by atoms with Crippen molar-refractivity contribution in [2.24, 2.45) is 0 Å². The van der Waals surface area contributed by atoms with Gasteiger partial charge in [0, 0.05) is 12.5 Å². The minimum atomic E-state index is -1.91. The van der Waals surface area contributed by atoms with Crippen LogP contribution in [-0.4, -0.2) is 129 Å². The molecule has 0 bridgehead atoms. The number of rotatable bonds is 8. The van der Waals surface area contributed by atoms with Gasteiger partial charge in [0.2, 0.25) is 0 Å². The second kappa shape index (κ2) is 15.1. The number of hydrogen-bond acceptors (Lipinski definition) is 17. The highest BCUT2D eigenvalue weighted by molar-refractivity contribution is 6.03. The lowest BCUT2D eigenvalue weighted by molar-refractivity contribution is -0.232. The topological polar surface area (TPSA) is 308 Å². The maximum Gasteiger partial charge on any atom is 0.193 e. The molecule has 2 fully saturated rings. The number of ether oxygens (including phenoxy) is 2. The number of phenols is 4. The summed E-state index contributed by atoms with van der Waals surface area (Å²) in [6.07, 6.45) is -17.7. The van der Waals surface area contributed by atoms with Crippen molar-refractivity contribution < 1.29 is 80.0 Å². The highest BCUT2D eigenvalue weighted by Crippen LogP contribution is 2.46. The van der Waals surface area contributed by atoms with E-state index in [0.29, 0.717) is 5.56 Å². The fraction of sp³-hybridized carbons (Fsp3) is 0.421. The molecule has 0 unspecified atom stereocenters. The average molecular weight is 771 g/mol. The van der Waals surface area contributed by atoms with Crippen LogP contribution < -0.4 is 5.43 Å². The van der Waals surface area contributed by atoms with Crippen molar-refractivity contribution >= 4 is 16.8 Å². The maximum absolute atomic E-state index is 14.1. The normalized spacial score (nSPS) is 28.4. The van der Waals surface area contributed by atoms with Gasteiger partial charge in [-0.05, 0) is 61.2 Å². The van der Waals surface area contributed by atoms with Crippen LogP contribution in [0.2, 0.25) is 0 Å². The summed E-state index contributed by atoms with van der Waals surface area (Å²) in [4.78, 5) is 27.9. The molecule has 2 aliphatic rings. The molecule has 0 amide bonds. The van der Waals surface area contributed by atoms with Crippen molar-refractivity contribution in [1.29, 1.82) is 0 Å². The van der Waals surface area contributed by atoms with Crippen LogP contribution in [0.3, 0.4) is 0 Å². The van der Waals surface area contributed by atoms with Gasteiger partial charge < -0.3 is 75.2 Å². The van der Waals surface area contributed by atoms with Crippen LogP contribution in [0.15, 0.2) is 39.5 Å². The number of benzene rings is 3. The van der Waals surface area contributed by atoms with E-state index in [1.165, 1.54) is 32.0 Å². The molecule has 2 aliphatic heterocycles. The van der Waals surface area contributed by atoms with Crippen LogP contribution in [0.4, 0.5) is 0 Å². The third-order valence-corrected chi connectivity index (χ3v) is 10.3. The average Bonchev–Trinajstić information content (AvgIpc) is 3.10. The van der Waals surface area contributed by atoms with Crippen molar-refractivity contribution in [3.8, 4) is 34.3 Å². The van der Waals surface area contributed by atoms with Gasteiger partial charge in [-0.2, -0.15) is 0 Å². The smallest absolute Gasteiger partial charge is 0.193 e. The number of carbonyl (C=O) groups excluding carboxylic acids is 1. The van der Waals surface area contributed by atoms with E-state index >= 15 is 0 Å². The predicted octanol–water partition coefficient (Wildman–Crippen LogP) is -0.337. The summed E-state index contributed by atoms with van der Waals surface area (Å²) in [5, 5.41) is 127. The van der Waals surface area contributed by atoms with E-state index < -0.39 is 120 Å². The Bertz CT molecular complexity index is 2190. The van der Waals surface area contributed by atoms with E-state index in [2.05, 4.69) is 0 Å². The largest absolute Gasteiger partial charge is 0.507 e. The molecule has 55 heavy (non-hydrogen) atoms. The van der Waals surface area contributed by atoms with Gasteiger partial charge in [-0.3, -0.25) is 9.59 Å². The van der Waals surface area contributed by atoms with Gasteiger partial charge in [0.15, 0.2) is 11.2 Å². The molecule has 10 atom stereocenters. The lowest BCUT2D eigenvalue weighted by Crippen LogP contribution is -2.55. The Labute approximate surface area is 311 Å². The standard InChI is InChI=1S/C38H42O17/c1-12-4-15(8-19(44)24-13(2)6-17(42)27(31(24)48)37-34(51)32(49)29(46)22(10-39)54-37)26(16(41)5-12)21-9-20(45)25-14(3)7-18(43)28(36(25)53-21)38-35(52)33(50)30(47)23(11-40)55-38/h4-7,9,22-23,29-30,32-35,37-43,46-52H,8,10-11H2,1-3H3/t22-,23-,29-,30+,32+,33+,34-,35-,37+,38+/m1/s1. The van der Waals surface area contributed by atoms with Crippen molar-refractivity contribution in [2.45, 2.75) is 88.2 Å². The van der Waals surface area contributed by atoms with Crippen LogP contribution in [0.5, 0.6) is 23.0 Å². The number of aliphatic hydroxyl groups excluding tert-OH is 8. The van der Waals surface area contributed by atoms with Gasteiger partial charge >= 0.3 is 0 Å². The summed E-state index contributed by atoms with van der Waals surface area (Å²) in [6.45, 7) is 2.92. The maximum atomic E-state index is 14.1. The molecule has 4 aromatic rings. The first kappa shape index (κ1) is 40.0. The third kappa shape index (κ3) is 6.82. The van der Waals surface area contributed by atoms with Crippen LogP contribution in [0.25, 0.3) is 22.3 Å². The van der Waals surface area contributed by atoms with Gasteiger partial charge in [0.05, 0.1) is 40.9 Å². The van der Waals surface area contributed by atoms with E-state index in [1.807, 2.05) is 0 Å². The zero-order valence-electron chi connectivity index (χ0n) is 29.7. The minimum Gasteiger partial charge on any atom is -0.507 e. The summed E-state index contributed by atoms with van der Waals surface area (Å²) in [5.74, 6) is -3.57. The fourth-order valence-corrected chi connectivity index (χ4v) is 7.56. The molecular weight excluding hydrogens is 728 g/mol. The molecular formula is C38H42O17. The van der Waals surface area contributed by atoms with Gasteiger partial charge in [0.25, 0.3) is 0 Å². The highest BCUT2D eigenvalue weighted by atomic mass is 16.6. The first-order valence-electron chi connectivity index (χ1n) is 17.2. The number of ketones is 1. The first-order valence-corrected chi connectivity index (χ1v) is 17.2. The lowest BCUT2D eigenvalue weighted by Gasteiger charge is -2.40. The van der Waals surface area contributed by atoms with Crippen LogP contribution >= 0.6 is 0 Å². The van der Waals surface area contributed by atoms with E-state index in [4.69, 9.17) is 13.9 Å². The van der Waals surface area contributed by atoms with E-state index in [1.54, 1.807) is 6.92 Å². The Morgan fingerprint density at radius 1 is 0.655 bits per heavy atom. The van der Waals surface area contributed by atoms with E-state index in [-0.39, 0.29) is 50.1 Å². The molecule has 296 valence electrons. The number of aromatic hydroxyl groups is 4. The van der Waals surface area contributed by atoms with Crippen LogP contribution in [0, 0.1) is 20.8 Å². The molecule has 0 radical (unpaired) electrons. The van der Waals surface area contributed by atoms with Crippen molar-refractivity contribution in [2.75, 3.05) is 13.2 Å². The number of aryl methyl sites for hydroxylation is 3. The second-order valence-electron chi connectivity index (χ2n) is 14.1. The van der Waals surface area contributed by atoms with Crippen molar-refractivity contribution in [1.82, 2.24) is 0 Å². The van der Waals surface area contributed by atoms with Gasteiger partial charge in [-0.15, -0.1) is 0 Å². The Kier molecular flexibility index (Phi) is 11.0. The Morgan fingerprint density at radius 3 is 1.75 bits per heavy atom. The number of aliphatic hydroxyl groups is 8. The van der Waals surface area contributed by atoms with Crippen molar-refractivity contribution in [3.63, 3.8) is 0 Å². The molecule has 12 N–H and O–H groups in total. The molecule has 17 heteroatoms. The summed E-state index contributed by atoms with van der Waals surface area (Å²) >= 11 is 0. The first-order chi connectivity index (χ1) is 25.9. The number of phenolic OH excluding ortho intramolecular Hbond substituents is 4. The summed E-state index contributed by atoms with van der Waals surface area (Å²) in [7, 11) is 0. The predicted molar refractivity (Wildman–Crippen MR) is 189 cm³/mol. The molecule has 3 heterocycles. The molecule has 2 saturated heterocycles. The molecule has 0 aliphatic carbocycles. The number of Topliss-reactive ketones (excluding diaryl/α,β-unsaturated/α-hetero) is 1. The third-order valence-electron chi connectivity index (χ3n) is 10.3. The van der Waals surface area contributed by atoms with Crippen molar-refractivity contribution in [3.05, 3.63) is 79.5 Å². The summed E-state index contributed by atoms with van der Waals surface area (Å²) in [6, 6.07) is 6.15. The lowest BCUT2D eigenvalue weighted by atomic mass is 9.86. The van der Waals surface area contributed by atoms with Gasteiger partial charge in [-0.1, -0.05) is 6.07 Å². The Balaban J connectivity index is 1.48. The number of hydrogen-bond donors (Lipinski definition) is 12. The Morgan fingerprint density at radius 2 is 1.18 bits per heavy atom. The molecule has 0 saturated carbocycles. The number of carbonyl (C=O) groups is 1. The molecule has 6 rings (SSSR count).